The van der Waals surface area contributed by atoms with E-state index in [1.165, 1.54) is 30.4 Å². The predicted octanol–water partition coefficient (Wildman–Crippen LogP) is 2.40. The van der Waals surface area contributed by atoms with Gasteiger partial charge in [-0.2, -0.15) is 0 Å². The zero-order chi connectivity index (χ0) is 21.3. The van der Waals surface area contributed by atoms with Gasteiger partial charge in [0.2, 0.25) is 5.91 Å². The second-order valence-corrected chi connectivity index (χ2v) is 9.63. The fraction of sp³-hybridized carbons (Fsp3) is 0.250. The van der Waals surface area contributed by atoms with Gasteiger partial charge in [-0.15, -0.1) is 0 Å². The number of nitrogens with zero attached hydrogens (tertiary/aromatic N) is 3. The van der Waals surface area contributed by atoms with Crippen LogP contribution in [0.4, 0.5) is 5.13 Å². The summed E-state index contributed by atoms with van der Waals surface area (Å²) >= 11 is 1.18. The summed E-state index contributed by atoms with van der Waals surface area (Å²) in [5, 5.41) is 0.244. The number of carbonyl (C=O) groups excluding carboxylic acids is 2. The second kappa shape index (κ2) is 8.04. The lowest BCUT2D eigenvalue weighted by molar-refractivity contribution is -0.130. The number of hydrogen-bond acceptors (Lipinski definition) is 6. The summed E-state index contributed by atoms with van der Waals surface area (Å²) in [5.41, 5.74) is 1.13. The average Bonchev–Trinajstić information content (AvgIpc) is 3.14. The number of nitrogens with one attached hydrogen (secondary N) is 1. The Balaban J connectivity index is 1.52. The highest BCUT2D eigenvalue weighted by molar-refractivity contribution is 7.93. The van der Waals surface area contributed by atoms with Crippen LogP contribution in [0.15, 0.2) is 53.4 Å². The summed E-state index contributed by atoms with van der Waals surface area (Å²) in [6, 6.07) is 13.2. The van der Waals surface area contributed by atoms with E-state index in [4.69, 9.17) is 0 Å². The van der Waals surface area contributed by atoms with Crippen molar-refractivity contribution in [1.29, 1.82) is 0 Å². The Kier molecular flexibility index (Phi) is 5.44. The molecule has 2 aromatic carbocycles. The molecule has 1 fully saturated rings. The van der Waals surface area contributed by atoms with Gasteiger partial charge < -0.3 is 9.80 Å². The van der Waals surface area contributed by atoms with Crippen molar-refractivity contribution >= 4 is 48.5 Å². The molecule has 156 valence electrons. The number of rotatable bonds is 4. The van der Waals surface area contributed by atoms with Crippen LogP contribution in [0.3, 0.4) is 0 Å². The van der Waals surface area contributed by atoms with E-state index < -0.39 is 10.0 Å². The van der Waals surface area contributed by atoms with Crippen molar-refractivity contribution in [3.8, 4) is 0 Å². The average molecular weight is 445 g/mol. The van der Waals surface area contributed by atoms with Crippen LogP contribution in [0.1, 0.15) is 17.3 Å². The smallest absolute Gasteiger partial charge is 0.263 e. The number of anilines is 1. The van der Waals surface area contributed by atoms with Crippen LogP contribution in [0.5, 0.6) is 0 Å². The molecule has 4 rings (SSSR count). The minimum Gasteiger partial charge on any atom is -0.339 e. The van der Waals surface area contributed by atoms with E-state index in [0.717, 1.165) is 0 Å². The highest BCUT2D eigenvalue weighted by atomic mass is 32.2. The van der Waals surface area contributed by atoms with Gasteiger partial charge in [-0.25, -0.2) is 13.4 Å². The Morgan fingerprint density at radius 2 is 1.67 bits per heavy atom. The number of thiazole rings is 1. The molecule has 1 aliphatic heterocycles. The quantitative estimate of drug-likeness (QED) is 0.666. The van der Waals surface area contributed by atoms with Gasteiger partial charge in [0.1, 0.15) is 0 Å². The lowest BCUT2D eigenvalue weighted by Gasteiger charge is -2.34. The van der Waals surface area contributed by atoms with Crippen LogP contribution in [-0.2, 0) is 14.8 Å². The highest BCUT2D eigenvalue weighted by Gasteiger charge is 2.24. The molecule has 30 heavy (non-hydrogen) atoms. The molecule has 1 saturated heterocycles. The topological polar surface area (TPSA) is 99.7 Å². The highest BCUT2D eigenvalue weighted by Crippen LogP contribution is 2.29. The first-order chi connectivity index (χ1) is 14.3. The molecular formula is C20H20N4O4S2. The van der Waals surface area contributed by atoms with E-state index in [1.54, 1.807) is 46.2 Å². The number of carbonyl (C=O) groups is 2. The Labute approximate surface area is 178 Å². The third kappa shape index (κ3) is 4.14. The first-order valence-electron chi connectivity index (χ1n) is 9.37. The van der Waals surface area contributed by atoms with E-state index >= 15 is 0 Å². The van der Waals surface area contributed by atoms with Gasteiger partial charge in [-0.3, -0.25) is 14.3 Å². The fourth-order valence-corrected chi connectivity index (χ4v) is 5.44. The van der Waals surface area contributed by atoms with E-state index in [9.17, 15) is 18.0 Å². The van der Waals surface area contributed by atoms with Crippen molar-refractivity contribution in [2.45, 2.75) is 11.8 Å². The standard InChI is InChI=1S/C20H20N4O4S2/c1-14(25)23-9-11-24(12-10-23)19(26)15-7-8-17-18(13-15)29-20(21-17)22-30(27,28)16-5-3-2-4-6-16/h2-8,13H,9-12H2,1H3,(H,21,22). The van der Waals surface area contributed by atoms with Crippen molar-refractivity contribution in [2.24, 2.45) is 0 Å². The van der Waals surface area contributed by atoms with E-state index in [-0.39, 0.29) is 21.8 Å². The molecule has 0 aliphatic carbocycles. The molecule has 2 amide bonds. The van der Waals surface area contributed by atoms with Crippen molar-refractivity contribution in [1.82, 2.24) is 14.8 Å². The van der Waals surface area contributed by atoms with Gasteiger partial charge >= 0.3 is 0 Å². The number of piperazine rings is 1. The molecule has 1 N–H and O–H groups in total. The molecule has 0 saturated carbocycles. The van der Waals surface area contributed by atoms with Crippen molar-refractivity contribution < 1.29 is 18.0 Å². The predicted molar refractivity (Wildman–Crippen MR) is 115 cm³/mol. The molecule has 8 nitrogen and oxygen atoms in total. The molecule has 0 spiro atoms. The maximum absolute atomic E-state index is 12.8. The van der Waals surface area contributed by atoms with Crippen LogP contribution in [-0.4, -0.2) is 61.2 Å². The van der Waals surface area contributed by atoms with E-state index in [2.05, 4.69) is 9.71 Å². The molecular weight excluding hydrogens is 424 g/mol. The monoisotopic (exact) mass is 444 g/mol. The van der Waals surface area contributed by atoms with Crippen LogP contribution in [0.25, 0.3) is 10.2 Å². The maximum Gasteiger partial charge on any atom is 0.263 e. The summed E-state index contributed by atoms with van der Waals surface area (Å²) in [6.45, 7) is 3.55. The molecule has 0 atom stereocenters. The lowest BCUT2D eigenvalue weighted by atomic mass is 10.1. The zero-order valence-corrected chi connectivity index (χ0v) is 17.9. The number of hydrogen-bond donors (Lipinski definition) is 1. The first-order valence-corrected chi connectivity index (χ1v) is 11.7. The molecule has 0 bridgehead atoms. The van der Waals surface area contributed by atoms with Gasteiger partial charge in [0, 0.05) is 38.7 Å². The number of amides is 2. The van der Waals surface area contributed by atoms with Crippen molar-refractivity contribution in [3.63, 3.8) is 0 Å². The summed E-state index contributed by atoms with van der Waals surface area (Å²) < 4.78 is 28.2. The maximum atomic E-state index is 12.8. The fourth-order valence-electron chi connectivity index (χ4n) is 3.28. The molecule has 0 radical (unpaired) electrons. The Hall–Kier alpha value is -2.98. The molecule has 0 unspecified atom stereocenters. The number of fused-ring (bicyclic) bond motifs is 1. The second-order valence-electron chi connectivity index (χ2n) is 6.92. The number of benzene rings is 2. The van der Waals surface area contributed by atoms with Crippen LogP contribution in [0, 0.1) is 0 Å². The lowest BCUT2D eigenvalue weighted by Crippen LogP contribution is -2.50. The number of aromatic nitrogens is 1. The summed E-state index contributed by atoms with van der Waals surface area (Å²) in [5.74, 6) is -0.0985. The van der Waals surface area contributed by atoms with Crippen LogP contribution < -0.4 is 4.72 Å². The summed E-state index contributed by atoms with van der Waals surface area (Å²) in [7, 11) is -3.73. The summed E-state index contributed by atoms with van der Waals surface area (Å²) in [6.07, 6.45) is 0. The first kappa shape index (κ1) is 20.3. The zero-order valence-electron chi connectivity index (χ0n) is 16.2. The SMILES string of the molecule is CC(=O)N1CCN(C(=O)c2ccc3nc(NS(=O)(=O)c4ccccc4)sc3c2)CC1. The molecule has 1 aliphatic rings. The van der Waals surface area contributed by atoms with Crippen LogP contribution in [0.2, 0.25) is 0 Å². The van der Waals surface area contributed by atoms with E-state index in [1.807, 2.05) is 0 Å². The Morgan fingerprint density at radius 1 is 1.00 bits per heavy atom. The molecule has 2 heterocycles. The molecule has 10 heteroatoms. The minimum absolute atomic E-state index is 0.0127. The third-order valence-electron chi connectivity index (χ3n) is 4.92. The third-order valence-corrected chi connectivity index (χ3v) is 7.34. The van der Waals surface area contributed by atoms with Gasteiger partial charge in [0.05, 0.1) is 15.1 Å². The van der Waals surface area contributed by atoms with Gasteiger partial charge in [-0.05, 0) is 30.3 Å². The Bertz CT molecular complexity index is 1200. The van der Waals surface area contributed by atoms with Crippen molar-refractivity contribution in [2.75, 3.05) is 30.9 Å². The van der Waals surface area contributed by atoms with Gasteiger partial charge in [0.25, 0.3) is 15.9 Å². The normalized spacial score (nSPS) is 14.7. The minimum atomic E-state index is -3.73. The van der Waals surface area contributed by atoms with E-state index in [0.29, 0.717) is 42.0 Å². The van der Waals surface area contributed by atoms with Gasteiger partial charge in [0.15, 0.2) is 5.13 Å². The van der Waals surface area contributed by atoms with Crippen molar-refractivity contribution in [3.05, 3.63) is 54.1 Å². The number of sulfonamides is 1. The van der Waals surface area contributed by atoms with Crippen LogP contribution >= 0.6 is 11.3 Å². The molecule has 1 aromatic heterocycles. The summed E-state index contributed by atoms with van der Waals surface area (Å²) in [4.78, 5) is 32.2. The van der Waals surface area contributed by atoms with Gasteiger partial charge in [-0.1, -0.05) is 29.5 Å². The largest absolute Gasteiger partial charge is 0.339 e. The molecule has 3 aromatic rings. The Morgan fingerprint density at radius 3 is 2.33 bits per heavy atom.